The second-order valence-corrected chi connectivity index (χ2v) is 7.03. The second kappa shape index (κ2) is 7.80. The van der Waals surface area contributed by atoms with E-state index in [1.165, 1.54) is 5.56 Å². The zero-order valence-corrected chi connectivity index (χ0v) is 16.6. The summed E-state index contributed by atoms with van der Waals surface area (Å²) in [5, 5.41) is 5.34. The van der Waals surface area contributed by atoms with Gasteiger partial charge >= 0.3 is 0 Å². The predicted octanol–water partition coefficient (Wildman–Crippen LogP) is 3.20. The van der Waals surface area contributed by atoms with Gasteiger partial charge in [0, 0.05) is 39.5 Å². The lowest BCUT2D eigenvalue weighted by atomic mass is 10.2. The van der Waals surface area contributed by atoms with Crippen LogP contribution in [0.15, 0.2) is 48.9 Å². The molecule has 0 bridgehead atoms. The van der Waals surface area contributed by atoms with Crippen molar-refractivity contribution in [3.05, 3.63) is 66.1 Å². The van der Waals surface area contributed by atoms with Crippen LogP contribution in [-0.2, 0) is 26.6 Å². The van der Waals surface area contributed by atoms with Crippen molar-refractivity contribution in [1.82, 2.24) is 29.3 Å². The average molecular weight is 375 g/mol. The highest BCUT2D eigenvalue weighted by Crippen LogP contribution is 2.24. The molecule has 0 saturated carbocycles. The van der Waals surface area contributed by atoms with Gasteiger partial charge in [0.05, 0.1) is 18.1 Å². The van der Waals surface area contributed by atoms with Crippen molar-refractivity contribution in [3.63, 3.8) is 0 Å². The summed E-state index contributed by atoms with van der Waals surface area (Å²) in [5.74, 6) is 2.75. The molecule has 144 valence electrons. The number of hydrogen-bond acceptors (Lipinski definition) is 5. The van der Waals surface area contributed by atoms with Crippen LogP contribution in [0.2, 0.25) is 0 Å². The van der Waals surface area contributed by atoms with Gasteiger partial charge in [0.25, 0.3) is 0 Å². The molecular formula is C21H25N7. The zero-order chi connectivity index (χ0) is 19.5. The molecule has 0 saturated heterocycles. The van der Waals surface area contributed by atoms with Crippen LogP contribution < -0.4 is 4.90 Å². The van der Waals surface area contributed by atoms with Crippen molar-refractivity contribution in [3.8, 4) is 0 Å². The van der Waals surface area contributed by atoms with E-state index in [1.54, 1.807) is 0 Å². The van der Waals surface area contributed by atoms with Gasteiger partial charge in [-0.25, -0.2) is 15.0 Å². The maximum atomic E-state index is 4.82. The maximum absolute atomic E-state index is 4.82. The van der Waals surface area contributed by atoms with Crippen molar-refractivity contribution in [2.45, 2.75) is 32.9 Å². The van der Waals surface area contributed by atoms with E-state index in [-0.39, 0.29) is 0 Å². The van der Waals surface area contributed by atoms with Gasteiger partial charge in [-0.15, -0.1) is 0 Å². The Morgan fingerprint density at radius 1 is 1.11 bits per heavy atom. The standard InChI is InChI=1S/C21H25N7/c1-4-8-18-24-20(17-13-23-27(3)21(17)25-18)26(2)15-19-22-11-12-28(19)14-16-9-6-5-7-10-16/h5-7,9-13H,4,8,14-15H2,1-3H3. The van der Waals surface area contributed by atoms with E-state index < -0.39 is 0 Å². The first-order valence-electron chi connectivity index (χ1n) is 9.59. The van der Waals surface area contributed by atoms with Gasteiger partial charge in [0.2, 0.25) is 0 Å². The number of nitrogens with zero attached hydrogens (tertiary/aromatic N) is 7. The van der Waals surface area contributed by atoms with Crippen molar-refractivity contribution in [2.24, 2.45) is 7.05 Å². The van der Waals surface area contributed by atoms with E-state index in [4.69, 9.17) is 4.98 Å². The second-order valence-electron chi connectivity index (χ2n) is 7.03. The number of imidazole rings is 1. The van der Waals surface area contributed by atoms with Crippen molar-refractivity contribution in [2.75, 3.05) is 11.9 Å². The van der Waals surface area contributed by atoms with Gasteiger partial charge < -0.3 is 9.47 Å². The van der Waals surface area contributed by atoms with Crippen LogP contribution in [-0.4, -0.2) is 36.3 Å². The minimum atomic E-state index is 0.659. The number of fused-ring (bicyclic) bond motifs is 1. The Balaban J connectivity index is 1.63. The molecule has 28 heavy (non-hydrogen) atoms. The lowest BCUT2D eigenvalue weighted by molar-refractivity contribution is 0.702. The molecule has 4 rings (SSSR count). The van der Waals surface area contributed by atoms with E-state index in [2.05, 4.69) is 55.7 Å². The summed E-state index contributed by atoms with van der Waals surface area (Å²) in [6.07, 6.45) is 7.58. The number of benzene rings is 1. The van der Waals surface area contributed by atoms with E-state index in [9.17, 15) is 0 Å². The van der Waals surface area contributed by atoms with Gasteiger partial charge in [-0.3, -0.25) is 4.68 Å². The summed E-state index contributed by atoms with van der Waals surface area (Å²) in [6, 6.07) is 10.4. The molecule has 3 heterocycles. The largest absolute Gasteiger partial charge is 0.351 e. The molecule has 0 unspecified atom stereocenters. The third kappa shape index (κ3) is 3.60. The third-order valence-electron chi connectivity index (χ3n) is 4.83. The molecular weight excluding hydrogens is 350 g/mol. The number of hydrogen-bond donors (Lipinski definition) is 0. The molecule has 3 aromatic heterocycles. The smallest absolute Gasteiger partial charge is 0.163 e. The number of aryl methyl sites for hydroxylation is 2. The Kier molecular flexibility index (Phi) is 5.06. The topological polar surface area (TPSA) is 64.7 Å². The van der Waals surface area contributed by atoms with E-state index in [0.717, 1.165) is 47.9 Å². The summed E-state index contributed by atoms with van der Waals surface area (Å²) in [5.41, 5.74) is 2.12. The van der Waals surface area contributed by atoms with Gasteiger partial charge in [0.1, 0.15) is 17.5 Å². The predicted molar refractivity (Wildman–Crippen MR) is 110 cm³/mol. The highest BCUT2D eigenvalue weighted by molar-refractivity contribution is 5.86. The van der Waals surface area contributed by atoms with E-state index in [0.29, 0.717) is 6.54 Å². The first kappa shape index (κ1) is 18.2. The molecule has 0 N–H and O–H groups in total. The lowest BCUT2D eigenvalue weighted by Crippen LogP contribution is -2.22. The van der Waals surface area contributed by atoms with Crippen LogP contribution in [0.25, 0.3) is 11.0 Å². The molecule has 4 aromatic rings. The van der Waals surface area contributed by atoms with Crippen molar-refractivity contribution >= 4 is 16.9 Å². The molecule has 0 atom stereocenters. The molecule has 0 aliphatic carbocycles. The normalized spacial score (nSPS) is 11.2. The molecule has 0 fully saturated rings. The van der Waals surface area contributed by atoms with E-state index in [1.807, 2.05) is 43.4 Å². The third-order valence-corrected chi connectivity index (χ3v) is 4.83. The highest BCUT2D eigenvalue weighted by Gasteiger charge is 2.16. The zero-order valence-electron chi connectivity index (χ0n) is 16.6. The highest BCUT2D eigenvalue weighted by atomic mass is 15.3. The summed E-state index contributed by atoms with van der Waals surface area (Å²) in [6.45, 7) is 3.60. The first-order valence-corrected chi connectivity index (χ1v) is 9.59. The Hall–Kier alpha value is -3.22. The van der Waals surface area contributed by atoms with Crippen molar-refractivity contribution in [1.29, 1.82) is 0 Å². The molecule has 0 spiro atoms. The summed E-state index contributed by atoms with van der Waals surface area (Å²) in [4.78, 5) is 16.2. The Morgan fingerprint density at radius 2 is 1.93 bits per heavy atom. The van der Waals surface area contributed by atoms with Crippen LogP contribution in [0.3, 0.4) is 0 Å². The Morgan fingerprint density at radius 3 is 2.71 bits per heavy atom. The average Bonchev–Trinajstić information content (AvgIpc) is 3.29. The van der Waals surface area contributed by atoms with Crippen LogP contribution in [0.1, 0.15) is 30.6 Å². The van der Waals surface area contributed by atoms with Crippen LogP contribution in [0, 0.1) is 0 Å². The summed E-state index contributed by atoms with van der Waals surface area (Å²) in [7, 11) is 3.97. The minimum absolute atomic E-state index is 0.659. The fourth-order valence-corrected chi connectivity index (χ4v) is 3.38. The molecule has 1 aromatic carbocycles. The van der Waals surface area contributed by atoms with Gasteiger partial charge in [-0.05, 0) is 12.0 Å². The number of anilines is 1. The maximum Gasteiger partial charge on any atom is 0.163 e. The summed E-state index contributed by atoms with van der Waals surface area (Å²) < 4.78 is 3.99. The molecule has 0 amide bonds. The first-order chi connectivity index (χ1) is 13.7. The molecule has 7 heteroatoms. The minimum Gasteiger partial charge on any atom is -0.351 e. The fraction of sp³-hybridized carbons (Fsp3) is 0.333. The van der Waals surface area contributed by atoms with Crippen LogP contribution in [0.5, 0.6) is 0 Å². The van der Waals surface area contributed by atoms with Crippen molar-refractivity contribution < 1.29 is 0 Å². The van der Waals surface area contributed by atoms with Crippen LogP contribution in [0.4, 0.5) is 5.82 Å². The molecule has 7 nitrogen and oxygen atoms in total. The quantitative estimate of drug-likeness (QED) is 0.496. The van der Waals surface area contributed by atoms with Crippen LogP contribution >= 0.6 is 0 Å². The van der Waals surface area contributed by atoms with Gasteiger partial charge in [-0.2, -0.15) is 5.10 Å². The SMILES string of the molecule is CCCc1nc(N(C)Cc2nccn2Cc2ccccc2)c2cnn(C)c2n1. The Bertz CT molecular complexity index is 1070. The Labute approximate surface area is 164 Å². The number of rotatable bonds is 7. The van der Waals surface area contributed by atoms with Gasteiger partial charge in [-0.1, -0.05) is 37.3 Å². The molecule has 0 aliphatic heterocycles. The van der Waals surface area contributed by atoms with Gasteiger partial charge in [0.15, 0.2) is 5.65 Å². The summed E-state index contributed by atoms with van der Waals surface area (Å²) >= 11 is 0. The molecule has 0 radical (unpaired) electrons. The monoisotopic (exact) mass is 375 g/mol. The number of aromatic nitrogens is 6. The molecule has 0 aliphatic rings. The van der Waals surface area contributed by atoms with E-state index >= 15 is 0 Å². The fourth-order valence-electron chi connectivity index (χ4n) is 3.38. The lowest BCUT2D eigenvalue weighted by Gasteiger charge is -2.20.